The Morgan fingerprint density at radius 3 is 2.62 bits per heavy atom. The summed E-state index contributed by atoms with van der Waals surface area (Å²) in [6, 6.07) is 14.6. The smallest absolute Gasteiger partial charge is 0.341 e. The largest absolute Gasteiger partial charge is 0.480 e. The first-order valence-electron chi connectivity index (χ1n) is 11.3. The van der Waals surface area contributed by atoms with Crippen LogP contribution in [0, 0.1) is 12.8 Å². The molecule has 0 spiro atoms. The van der Waals surface area contributed by atoms with E-state index in [2.05, 4.69) is 66.7 Å². The van der Waals surface area contributed by atoms with E-state index < -0.39 is 12.6 Å². The minimum absolute atomic E-state index is 0.0737. The Morgan fingerprint density at radius 2 is 2.00 bits per heavy atom. The summed E-state index contributed by atoms with van der Waals surface area (Å²) in [5, 5.41) is 9.18. The molecule has 1 saturated heterocycles. The lowest BCUT2D eigenvalue weighted by Gasteiger charge is -2.43. The van der Waals surface area contributed by atoms with Gasteiger partial charge in [0.2, 0.25) is 0 Å². The SMILES string of the molecule is C=C(C)[C@H]1C[C@H](c2ccccc2)[C@H](CCCC)O[C@@H]1c1cc(C)cc(Br)c1OCC(=O)O. The highest BCUT2D eigenvalue weighted by molar-refractivity contribution is 9.10. The molecule has 0 unspecified atom stereocenters. The van der Waals surface area contributed by atoms with E-state index in [0.29, 0.717) is 5.75 Å². The topological polar surface area (TPSA) is 55.8 Å². The average molecular weight is 501 g/mol. The number of carboxylic acids is 1. The number of halogens is 1. The Labute approximate surface area is 199 Å². The van der Waals surface area contributed by atoms with E-state index in [1.807, 2.05) is 19.1 Å². The summed E-state index contributed by atoms with van der Waals surface area (Å²) in [4.78, 5) is 11.2. The van der Waals surface area contributed by atoms with Crippen LogP contribution in [0.25, 0.3) is 0 Å². The fourth-order valence-electron chi connectivity index (χ4n) is 4.66. The molecule has 0 radical (unpaired) electrons. The molecule has 0 aliphatic carbocycles. The first kappa shape index (κ1) is 24.5. The summed E-state index contributed by atoms with van der Waals surface area (Å²) in [5.74, 6) is -0.0765. The molecule has 2 aromatic carbocycles. The summed E-state index contributed by atoms with van der Waals surface area (Å²) >= 11 is 3.58. The van der Waals surface area contributed by atoms with Crippen molar-refractivity contribution in [1.82, 2.24) is 0 Å². The zero-order chi connectivity index (χ0) is 23.3. The maximum absolute atomic E-state index is 11.2. The number of aliphatic carboxylic acids is 1. The highest BCUT2D eigenvalue weighted by atomic mass is 79.9. The first-order valence-corrected chi connectivity index (χ1v) is 12.1. The molecule has 4 atom stereocenters. The van der Waals surface area contributed by atoms with Crippen LogP contribution in [0.15, 0.2) is 59.1 Å². The normalized spacial score (nSPS) is 23.0. The summed E-state index contributed by atoms with van der Waals surface area (Å²) in [5.41, 5.74) is 4.31. The Morgan fingerprint density at radius 1 is 1.28 bits per heavy atom. The lowest BCUT2D eigenvalue weighted by molar-refractivity contribution is -0.139. The molecule has 0 aromatic heterocycles. The van der Waals surface area contributed by atoms with Crippen molar-refractivity contribution in [2.75, 3.05) is 6.61 Å². The minimum Gasteiger partial charge on any atom is -0.480 e. The third-order valence-electron chi connectivity index (χ3n) is 6.21. The number of carboxylic acid groups (broad SMARTS) is 1. The Kier molecular flexibility index (Phi) is 8.55. The summed E-state index contributed by atoms with van der Waals surface area (Å²) < 4.78 is 13.3. The molecule has 1 heterocycles. The van der Waals surface area contributed by atoms with Crippen molar-refractivity contribution in [1.29, 1.82) is 0 Å². The molecule has 0 bridgehead atoms. The zero-order valence-electron chi connectivity index (χ0n) is 19.1. The van der Waals surface area contributed by atoms with Crippen LogP contribution in [0.3, 0.4) is 0 Å². The average Bonchev–Trinajstić information content (AvgIpc) is 2.76. The van der Waals surface area contributed by atoms with E-state index in [-0.39, 0.29) is 24.0 Å². The zero-order valence-corrected chi connectivity index (χ0v) is 20.7. The van der Waals surface area contributed by atoms with Gasteiger partial charge in [0.1, 0.15) is 5.75 Å². The van der Waals surface area contributed by atoms with Gasteiger partial charge in [-0.05, 0) is 65.9 Å². The molecular weight excluding hydrogens is 468 g/mol. The molecule has 0 saturated carbocycles. The summed E-state index contributed by atoms with van der Waals surface area (Å²) in [6.45, 7) is 10.2. The van der Waals surface area contributed by atoms with Crippen molar-refractivity contribution in [3.63, 3.8) is 0 Å². The predicted molar refractivity (Wildman–Crippen MR) is 131 cm³/mol. The van der Waals surface area contributed by atoms with Gasteiger partial charge in [-0.25, -0.2) is 4.79 Å². The van der Waals surface area contributed by atoms with Gasteiger partial charge in [-0.2, -0.15) is 0 Å². The van der Waals surface area contributed by atoms with Gasteiger partial charge >= 0.3 is 5.97 Å². The second-order valence-corrected chi connectivity index (χ2v) is 9.64. The van der Waals surface area contributed by atoms with Gasteiger partial charge in [-0.1, -0.05) is 62.2 Å². The van der Waals surface area contributed by atoms with E-state index in [1.165, 1.54) is 5.56 Å². The van der Waals surface area contributed by atoms with Crippen LogP contribution >= 0.6 is 15.9 Å². The number of unbranched alkanes of at least 4 members (excludes halogenated alkanes) is 1. The number of benzene rings is 2. The number of hydrogen-bond donors (Lipinski definition) is 1. The van der Waals surface area contributed by atoms with Crippen molar-refractivity contribution in [3.8, 4) is 5.75 Å². The van der Waals surface area contributed by atoms with Crippen molar-refractivity contribution < 1.29 is 19.4 Å². The van der Waals surface area contributed by atoms with E-state index in [1.54, 1.807) is 0 Å². The van der Waals surface area contributed by atoms with E-state index in [4.69, 9.17) is 9.47 Å². The van der Waals surface area contributed by atoms with Gasteiger partial charge < -0.3 is 14.6 Å². The van der Waals surface area contributed by atoms with Crippen LogP contribution in [-0.4, -0.2) is 23.8 Å². The first-order chi connectivity index (χ1) is 15.3. The molecule has 32 heavy (non-hydrogen) atoms. The lowest BCUT2D eigenvalue weighted by atomic mass is 9.74. The van der Waals surface area contributed by atoms with E-state index >= 15 is 0 Å². The Bertz CT molecular complexity index is 940. The summed E-state index contributed by atoms with van der Waals surface area (Å²) in [6.07, 6.45) is 3.95. The number of aryl methyl sites for hydroxylation is 1. The van der Waals surface area contributed by atoms with E-state index in [0.717, 1.165) is 46.9 Å². The van der Waals surface area contributed by atoms with Gasteiger partial charge in [0.25, 0.3) is 0 Å². The molecule has 5 heteroatoms. The van der Waals surface area contributed by atoms with Crippen LogP contribution in [0.5, 0.6) is 5.75 Å². The van der Waals surface area contributed by atoms with Crippen LogP contribution in [-0.2, 0) is 9.53 Å². The second-order valence-electron chi connectivity index (χ2n) is 8.79. The van der Waals surface area contributed by atoms with E-state index in [9.17, 15) is 9.90 Å². The fourth-order valence-corrected chi connectivity index (χ4v) is 5.36. The maximum Gasteiger partial charge on any atom is 0.341 e. The van der Waals surface area contributed by atoms with Crippen molar-refractivity contribution in [2.45, 2.75) is 64.6 Å². The van der Waals surface area contributed by atoms with Gasteiger partial charge in [0.15, 0.2) is 6.61 Å². The molecule has 0 amide bonds. The van der Waals surface area contributed by atoms with Gasteiger partial charge in [-0.15, -0.1) is 0 Å². The third kappa shape index (κ3) is 5.81. The molecule has 3 rings (SSSR count). The minimum atomic E-state index is -1.01. The van der Waals surface area contributed by atoms with Gasteiger partial charge in [0.05, 0.1) is 16.7 Å². The Balaban J connectivity index is 2.03. The lowest BCUT2D eigenvalue weighted by Crippen LogP contribution is -2.36. The third-order valence-corrected chi connectivity index (χ3v) is 6.80. The fraction of sp³-hybridized carbons (Fsp3) is 0.444. The molecule has 1 N–H and O–H groups in total. The second kappa shape index (κ2) is 11.2. The van der Waals surface area contributed by atoms with Crippen molar-refractivity contribution in [3.05, 3.63) is 75.8 Å². The molecule has 1 fully saturated rings. The van der Waals surface area contributed by atoms with Gasteiger partial charge in [-0.3, -0.25) is 0 Å². The standard InChI is InChI=1S/C27H33BrO4/c1-5-6-12-24-21(19-10-8-7-9-11-19)15-20(17(2)3)26(32-24)22-13-18(4)14-23(28)27(22)31-16-25(29)30/h7-11,13-14,20-21,24,26H,2,5-6,12,15-16H2,1,3-4H3,(H,29,30)/t20-,21-,24+,26+/m1/s1. The molecule has 1 aliphatic rings. The van der Waals surface area contributed by atoms with Crippen LogP contribution in [0.1, 0.15) is 68.2 Å². The highest BCUT2D eigenvalue weighted by Crippen LogP contribution is 2.50. The molecular formula is C27H33BrO4. The van der Waals surface area contributed by atoms with Gasteiger partial charge in [0, 0.05) is 17.4 Å². The molecule has 1 aliphatic heterocycles. The highest BCUT2D eigenvalue weighted by Gasteiger charge is 2.40. The maximum atomic E-state index is 11.2. The van der Waals surface area contributed by atoms with Crippen molar-refractivity contribution in [2.24, 2.45) is 5.92 Å². The molecule has 172 valence electrons. The number of hydrogen-bond acceptors (Lipinski definition) is 3. The van der Waals surface area contributed by atoms with Crippen LogP contribution in [0.4, 0.5) is 0 Å². The number of rotatable bonds is 9. The van der Waals surface area contributed by atoms with Crippen LogP contribution in [0.2, 0.25) is 0 Å². The molecule has 2 aromatic rings. The molecule has 4 nitrogen and oxygen atoms in total. The monoisotopic (exact) mass is 500 g/mol. The van der Waals surface area contributed by atoms with Crippen molar-refractivity contribution >= 4 is 21.9 Å². The summed E-state index contributed by atoms with van der Waals surface area (Å²) in [7, 11) is 0. The van der Waals surface area contributed by atoms with Crippen LogP contribution < -0.4 is 4.74 Å². The number of ether oxygens (including phenoxy) is 2. The quantitative estimate of drug-likeness (QED) is 0.369. The predicted octanol–water partition coefficient (Wildman–Crippen LogP) is 7.22. The Hall–Kier alpha value is -2.11. The number of carbonyl (C=O) groups is 1.